The van der Waals surface area contributed by atoms with Crippen molar-refractivity contribution in [2.24, 2.45) is 0 Å². The highest BCUT2D eigenvalue weighted by molar-refractivity contribution is 7.91. The third-order valence-corrected chi connectivity index (χ3v) is 5.16. The molecule has 0 saturated carbocycles. The van der Waals surface area contributed by atoms with Crippen LogP contribution in [0.5, 0.6) is 0 Å². The van der Waals surface area contributed by atoms with E-state index in [-0.39, 0.29) is 6.04 Å². The summed E-state index contributed by atoms with van der Waals surface area (Å²) in [5, 5.41) is 1.74. The SMILES string of the molecule is C[C@@H](NS(=O)(=O)c1cccs1)c1ccccn1. The first-order valence-electron chi connectivity index (χ1n) is 5.06. The van der Waals surface area contributed by atoms with Gasteiger partial charge in [0.1, 0.15) is 4.21 Å². The quantitative estimate of drug-likeness (QED) is 0.924. The van der Waals surface area contributed by atoms with Crippen molar-refractivity contribution in [1.82, 2.24) is 9.71 Å². The Labute approximate surface area is 104 Å². The van der Waals surface area contributed by atoms with Gasteiger partial charge < -0.3 is 0 Å². The monoisotopic (exact) mass is 268 g/mol. The topological polar surface area (TPSA) is 59.1 Å². The molecule has 0 unspecified atom stereocenters. The summed E-state index contributed by atoms with van der Waals surface area (Å²) < 4.78 is 26.8. The molecule has 2 rings (SSSR count). The zero-order valence-electron chi connectivity index (χ0n) is 9.20. The van der Waals surface area contributed by atoms with Crippen LogP contribution in [0, 0.1) is 0 Å². The fraction of sp³-hybridized carbons (Fsp3) is 0.182. The second-order valence-corrected chi connectivity index (χ2v) is 6.42. The van der Waals surface area contributed by atoms with E-state index in [2.05, 4.69) is 9.71 Å². The fourth-order valence-electron chi connectivity index (χ4n) is 1.40. The molecule has 1 atom stereocenters. The van der Waals surface area contributed by atoms with Crippen molar-refractivity contribution in [3.05, 3.63) is 47.6 Å². The van der Waals surface area contributed by atoms with Crippen molar-refractivity contribution in [2.45, 2.75) is 17.2 Å². The third kappa shape index (κ3) is 2.91. The van der Waals surface area contributed by atoms with Crippen LogP contribution < -0.4 is 4.72 Å². The van der Waals surface area contributed by atoms with Crippen LogP contribution in [0.25, 0.3) is 0 Å². The number of nitrogens with one attached hydrogen (secondary N) is 1. The van der Waals surface area contributed by atoms with Crippen LogP contribution in [0.1, 0.15) is 18.7 Å². The lowest BCUT2D eigenvalue weighted by Crippen LogP contribution is -2.26. The van der Waals surface area contributed by atoms with Crippen molar-refractivity contribution >= 4 is 21.4 Å². The minimum absolute atomic E-state index is 0.320. The maximum atomic E-state index is 11.9. The van der Waals surface area contributed by atoms with Gasteiger partial charge >= 0.3 is 0 Å². The fourth-order valence-corrected chi connectivity index (χ4v) is 3.63. The third-order valence-electron chi connectivity index (χ3n) is 2.22. The number of hydrogen-bond donors (Lipinski definition) is 1. The van der Waals surface area contributed by atoms with Crippen LogP contribution >= 0.6 is 11.3 Å². The summed E-state index contributed by atoms with van der Waals surface area (Å²) in [5.41, 5.74) is 0.702. The normalized spacial score (nSPS) is 13.5. The summed E-state index contributed by atoms with van der Waals surface area (Å²) in [7, 11) is -3.44. The van der Waals surface area contributed by atoms with Crippen molar-refractivity contribution in [1.29, 1.82) is 0 Å². The lowest BCUT2D eigenvalue weighted by Gasteiger charge is -2.12. The van der Waals surface area contributed by atoms with E-state index in [1.165, 1.54) is 11.3 Å². The molecule has 4 nitrogen and oxygen atoms in total. The molecule has 90 valence electrons. The molecule has 0 aliphatic heterocycles. The van der Waals surface area contributed by atoms with Gasteiger partial charge in [-0.2, -0.15) is 0 Å². The van der Waals surface area contributed by atoms with E-state index >= 15 is 0 Å². The molecule has 0 amide bonds. The minimum Gasteiger partial charge on any atom is -0.260 e. The minimum atomic E-state index is -3.44. The summed E-state index contributed by atoms with van der Waals surface area (Å²) in [5.74, 6) is 0. The van der Waals surface area contributed by atoms with Gasteiger partial charge in [0.2, 0.25) is 0 Å². The number of sulfonamides is 1. The summed E-state index contributed by atoms with van der Waals surface area (Å²) in [6.07, 6.45) is 1.64. The van der Waals surface area contributed by atoms with Gasteiger partial charge in [-0.05, 0) is 30.5 Å². The highest BCUT2D eigenvalue weighted by atomic mass is 32.2. The van der Waals surface area contributed by atoms with Crippen molar-refractivity contribution in [2.75, 3.05) is 0 Å². The average molecular weight is 268 g/mol. The largest absolute Gasteiger partial charge is 0.260 e. The van der Waals surface area contributed by atoms with Crippen molar-refractivity contribution in [3.63, 3.8) is 0 Å². The molecule has 2 heterocycles. The van der Waals surface area contributed by atoms with Gasteiger partial charge in [-0.15, -0.1) is 11.3 Å². The van der Waals surface area contributed by atoms with E-state index < -0.39 is 10.0 Å². The molecule has 2 aromatic heterocycles. The highest BCUT2D eigenvalue weighted by Gasteiger charge is 2.19. The standard InChI is InChI=1S/C11H12N2O2S2/c1-9(10-5-2-3-7-12-10)13-17(14,15)11-6-4-8-16-11/h2-9,13H,1H3/t9-/m1/s1. The van der Waals surface area contributed by atoms with E-state index in [4.69, 9.17) is 0 Å². The van der Waals surface area contributed by atoms with E-state index in [0.717, 1.165) is 0 Å². The van der Waals surface area contributed by atoms with Crippen LogP contribution in [0.2, 0.25) is 0 Å². The Bertz CT molecular complexity index is 565. The number of thiophene rings is 1. The Morgan fingerprint density at radius 1 is 1.29 bits per heavy atom. The Kier molecular flexibility index (Phi) is 3.56. The van der Waals surface area contributed by atoms with Gasteiger partial charge in [0, 0.05) is 6.20 Å². The van der Waals surface area contributed by atoms with Crippen LogP contribution in [0.3, 0.4) is 0 Å². The molecule has 0 bridgehead atoms. The van der Waals surface area contributed by atoms with E-state index in [0.29, 0.717) is 9.90 Å². The van der Waals surface area contributed by atoms with Gasteiger partial charge in [-0.3, -0.25) is 4.98 Å². The summed E-state index contributed by atoms with van der Waals surface area (Å²) in [4.78, 5) is 4.12. The lowest BCUT2D eigenvalue weighted by atomic mass is 10.2. The first-order valence-corrected chi connectivity index (χ1v) is 7.42. The van der Waals surface area contributed by atoms with Crippen molar-refractivity contribution < 1.29 is 8.42 Å². The lowest BCUT2D eigenvalue weighted by molar-refractivity contribution is 0.566. The molecule has 0 aliphatic carbocycles. The van der Waals surface area contributed by atoms with Crippen LogP contribution in [0.4, 0.5) is 0 Å². The first-order chi connectivity index (χ1) is 8.09. The predicted octanol–water partition coefficient (Wildman–Crippen LogP) is 2.18. The summed E-state index contributed by atoms with van der Waals surface area (Å²) in [6, 6.07) is 8.37. The Balaban J connectivity index is 2.17. The predicted molar refractivity (Wildman–Crippen MR) is 67.3 cm³/mol. The van der Waals surface area contributed by atoms with Crippen molar-refractivity contribution in [3.8, 4) is 0 Å². The molecule has 1 N–H and O–H groups in total. The van der Waals surface area contributed by atoms with Gasteiger partial charge in [0.25, 0.3) is 10.0 Å². The van der Waals surface area contributed by atoms with Gasteiger partial charge in [-0.25, -0.2) is 13.1 Å². The maximum Gasteiger partial charge on any atom is 0.250 e. The van der Waals surface area contributed by atoms with Gasteiger partial charge in [0.05, 0.1) is 11.7 Å². The van der Waals surface area contributed by atoms with Gasteiger partial charge in [-0.1, -0.05) is 12.1 Å². The second kappa shape index (κ2) is 4.95. The Hall–Kier alpha value is -1.24. The highest BCUT2D eigenvalue weighted by Crippen LogP contribution is 2.18. The van der Waals surface area contributed by atoms with E-state index in [1.807, 2.05) is 6.07 Å². The number of pyridine rings is 1. The molecular weight excluding hydrogens is 256 g/mol. The number of rotatable bonds is 4. The number of nitrogens with zero attached hydrogens (tertiary/aromatic N) is 1. The molecule has 17 heavy (non-hydrogen) atoms. The number of aromatic nitrogens is 1. The maximum absolute atomic E-state index is 11.9. The molecule has 0 radical (unpaired) electrons. The van der Waals surface area contributed by atoms with Crippen LogP contribution in [0.15, 0.2) is 46.1 Å². The molecule has 0 saturated heterocycles. The van der Waals surface area contributed by atoms with E-state index in [9.17, 15) is 8.42 Å². The summed E-state index contributed by atoms with van der Waals surface area (Å²) >= 11 is 1.20. The molecule has 0 aromatic carbocycles. The number of hydrogen-bond acceptors (Lipinski definition) is 4. The van der Waals surface area contributed by atoms with E-state index in [1.54, 1.807) is 42.8 Å². The van der Waals surface area contributed by atoms with Gasteiger partial charge in [0.15, 0.2) is 0 Å². The second-order valence-electron chi connectivity index (χ2n) is 3.53. The summed E-state index contributed by atoms with van der Waals surface area (Å²) in [6.45, 7) is 1.77. The Morgan fingerprint density at radius 3 is 2.71 bits per heavy atom. The molecule has 2 aromatic rings. The zero-order valence-corrected chi connectivity index (χ0v) is 10.8. The Morgan fingerprint density at radius 2 is 2.12 bits per heavy atom. The van der Waals surface area contributed by atoms with Crippen LogP contribution in [-0.2, 0) is 10.0 Å². The van der Waals surface area contributed by atoms with Crippen LogP contribution in [-0.4, -0.2) is 13.4 Å². The first kappa shape index (κ1) is 12.2. The molecule has 0 fully saturated rings. The molecular formula is C11H12N2O2S2. The molecule has 6 heteroatoms. The zero-order chi connectivity index (χ0) is 12.3. The average Bonchev–Trinajstić information content (AvgIpc) is 2.84. The molecule has 0 aliphatic rings. The smallest absolute Gasteiger partial charge is 0.250 e. The molecule has 0 spiro atoms.